The van der Waals surface area contributed by atoms with Crippen LogP contribution in [0.25, 0.3) is 0 Å². The van der Waals surface area contributed by atoms with Crippen molar-refractivity contribution >= 4 is 11.3 Å². The van der Waals surface area contributed by atoms with Gasteiger partial charge in [0.1, 0.15) is 0 Å². The highest BCUT2D eigenvalue weighted by molar-refractivity contribution is 7.09. The normalized spacial score (nSPS) is 14.9. The average Bonchev–Trinajstić information content (AvgIpc) is 3.14. The van der Waals surface area contributed by atoms with Gasteiger partial charge in [-0.25, -0.2) is 0 Å². The third-order valence-electron chi connectivity index (χ3n) is 3.45. The van der Waals surface area contributed by atoms with E-state index in [1.165, 1.54) is 17.7 Å². The first-order valence-corrected chi connectivity index (χ1v) is 8.07. The minimum absolute atomic E-state index is 0.738. The fourth-order valence-electron chi connectivity index (χ4n) is 2.25. The molecule has 20 heavy (non-hydrogen) atoms. The summed E-state index contributed by atoms with van der Waals surface area (Å²) in [5, 5.41) is 5.65. The molecule has 2 aromatic rings. The van der Waals surface area contributed by atoms with Crippen LogP contribution in [0, 0.1) is 0 Å². The summed E-state index contributed by atoms with van der Waals surface area (Å²) < 4.78 is 0. The van der Waals surface area contributed by atoms with Crippen LogP contribution in [0.2, 0.25) is 0 Å². The van der Waals surface area contributed by atoms with Gasteiger partial charge in [-0.3, -0.25) is 9.88 Å². The lowest BCUT2D eigenvalue weighted by atomic mass is 10.3. The zero-order valence-corrected chi connectivity index (χ0v) is 12.7. The van der Waals surface area contributed by atoms with E-state index in [-0.39, 0.29) is 0 Å². The summed E-state index contributed by atoms with van der Waals surface area (Å²) in [6, 6.07) is 11.4. The Morgan fingerprint density at radius 1 is 1.20 bits per heavy atom. The standard InChI is InChI=1S/C16H21N3S/c1-19(12-16-6-3-9-20-16)11-15-5-2-4-14(18-15)10-17-13-7-8-13/h2-6,9,13,17H,7-8,10-12H2,1H3. The highest BCUT2D eigenvalue weighted by Crippen LogP contribution is 2.19. The number of thiophene rings is 1. The molecule has 0 aromatic carbocycles. The Labute approximate surface area is 124 Å². The predicted octanol–water partition coefficient (Wildman–Crippen LogP) is 3.03. The number of rotatable bonds is 7. The van der Waals surface area contributed by atoms with Crippen LogP contribution in [-0.4, -0.2) is 23.0 Å². The Kier molecular flexibility index (Phi) is 4.45. The van der Waals surface area contributed by atoms with Crippen LogP contribution < -0.4 is 5.32 Å². The molecule has 0 atom stereocenters. The lowest BCUT2D eigenvalue weighted by molar-refractivity contribution is 0.317. The molecular formula is C16H21N3S. The SMILES string of the molecule is CN(Cc1cccc(CNC2CC2)n1)Cc1cccs1. The molecule has 106 valence electrons. The minimum atomic E-state index is 0.738. The molecule has 1 saturated carbocycles. The van der Waals surface area contributed by atoms with Crippen LogP contribution in [0.5, 0.6) is 0 Å². The van der Waals surface area contributed by atoms with E-state index in [2.05, 4.69) is 53.0 Å². The molecule has 2 aromatic heterocycles. The van der Waals surface area contributed by atoms with Crippen molar-refractivity contribution in [3.05, 3.63) is 52.0 Å². The monoisotopic (exact) mass is 287 g/mol. The summed E-state index contributed by atoms with van der Waals surface area (Å²) in [6.45, 7) is 2.78. The van der Waals surface area contributed by atoms with Crippen molar-refractivity contribution in [2.24, 2.45) is 0 Å². The molecule has 1 N–H and O–H groups in total. The Bertz CT molecular complexity index is 534. The van der Waals surface area contributed by atoms with Crippen LogP contribution in [0.4, 0.5) is 0 Å². The molecule has 0 unspecified atom stereocenters. The van der Waals surface area contributed by atoms with E-state index in [9.17, 15) is 0 Å². The number of nitrogens with zero attached hydrogens (tertiary/aromatic N) is 2. The van der Waals surface area contributed by atoms with Gasteiger partial charge in [0.15, 0.2) is 0 Å². The van der Waals surface area contributed by atoms with Crippen LogP contribution >= 0.6 is 11.3 Å². The quantitative estimate of drug-likeness (QED) is 0.848. The van der Waals surface area contributed by atoms with Crippen molar-refractivity contribution in [3.63, 3.8) is 0 Å². The van der Waals surface area contributed by atoms with Crippen molar-refractivity contribution in [2.45, 2.75) is 38.5 Å². The van der Waals surface area contributed by atoms with Gasteiger partial charge in [-0.2, -0.15) is 0 Å². The van der Waals surface area contributed by atoms with E-state index >= 15 is 0 Å². The molecular weight excluding hydrogens is 266 g/mol. The average molecular weight is 287 g/mol. The third-order valence-corrected chi connectivity index (χ3v) is 4.31. The number of pyridine rings is 1. The van der Waals surface area contributed by atoms with E-state index < -0.39 is 0 Å². The molecule has 1 aliphatic rings. The minimum Gasteiger partial charge on any atom is -0.308 e. The smallest absolute Gasteiger partial charge is 0.0547 e. The topological polar surface area (TPSA) is 28.2 Å². The maximum absolute atomic E-state index is 4.74. The van der Waals surface area contributed by atoms with Gasteiger partial charge >= 0.3 is 0 Å². The van der Waals surface area contributed by atoms with Gasteiger partial charge in [-0.1, -0.05) is 12.1 Å². The fraction of sp³-hybridized carbons (Fsp3) is 0.438. The van der Waals surface area contributed by atoms with Crippen molar-refractivity contribution in [3.8, 4) is 0 Å². The second-order valence-electron chi connectivity index (χ2n) is 5.53. The van der Waals surface area contributed by atoms with Crippen molar-refractivity contribution in [1.82, 2.24) is 15.2 Å². The van der Waals surface area contributed by atoms with Gasteiger partial charge in [0.25, 0.3) is 0 Å². The van der Waals surface area contributed by atoms with Gasteiger partial charge in [0, 0.05) is 30.6 Å². The molecule has 0 bridgehead atoms. The van der Waals surface area contributed by atoms with Crippen LogP contribution in [0.3, 0.4) is 0 Å². The van der Waals surface area contributed by atoms with Gasteiger partial charge < -0.3 is 5.32 Å². The molecule has 0 saturated heterocycles. The number of aromatic nitrogens is 1. The first-order valence-electron chi connectivity index (χ1n) is 7.19. The van der Waals surface area contributed by atoms with Gasteiger partial charge in [-0.05, 0) is 43.5 Å². The third kappa shape index (κ3) is 4.13. The van der Waals surface area contributed by atoms with Gasteiger partial charge in [-0.15, -0.1) is 11.3 Å². The van der Waals surface area contributed by atoms with E-state index in [4.69, 9.17) is 4.98 Å². The Morgan fingerprint density at radius 3 is 2.80 bits per heavy atom. The molecule has 0 aliphatic heterocycles. The molecule has 3 rings (SSSR count). The maximum atomic E-state index is 4.74. The van der Waals surface area contributed by atoms with Crippen LogP contribution in [0.15, 0.2) is 35.7 Å². The number of hydrogen-bond donors (Lipinski definition) is 1. The first kappa shape index (κ1) is 13.7. The van der Waals surface area contributed by atoms with Crippen LogP contribution in [0.1, 0.15) is 29.1 Å². The van der Waals surface area contributed by atoms with Crippen LogP contribution in [-0.2, 0) is 19.6 Å². The molecule has 2 heterocycles. The molecule has 4 heteroatoms. The Balaban J connectivity index is 1.54. The second kappa shape index (κ2) is 6.48. The predicted molar refractivity (Wildman–Crippen MR) is 83.6 cm³/mol. The highest BCUT2D eigenvalue weighted by Gasteiger charge is 2.20. The van der Waals surface area contributed by atoms with Gasteiger partial charge in [0.2, 0.25) is 0 Å². The summed E-state index contributed by atoms with van der Waals surface area (Å²) in [6.07, 6.45) is 2.65. The molecule has 0 spiro atoms. The Hall–Kier alpha value is -1.23. The largest absolute Gasteiger partial charge is 0.308 e. The molecule has 3 nitrogen and oxygen atoms in total. The summed E-state index contributed by atoms with van der Waals surface area (Å²) in [5.74, 6) is 0. The van der Waals surface area contributed by atoms with E-state index in [1.54, 1.807) is 0 Å². The van der Waals surface area contributed by atoms with Gasteiger partial charge in [0.05, 0.1) is 11.4 Å². The molecule has 1 aliphatic carbocycles. The Morgan fingerprint density at radius 2 is 2.05 bits per heavy atom. The van der Waals surface area contributed by atoms with E-state index in [0.717, 1.165) is 37.1 Å². The fourth-order valence-corrected chi connectivity index (χ4v) is 3.04. The number of nitrogens with one attached hydrogen (secondary N) is 1. The molecule has 0 radical (unpaired) electrons. The number of hydrogen-bond acceptors (Lipinski definition) is 4. The summed E-state index contributed by atoms with van der Waals surface area (Å²) in [5.41, 5.74) is 2.30. The van der Waals surface area contributed by atoms with Crippen molar-refractivity contribution in [1.29, 1.82) is 0 Å². The summed E-state index contributed by atoms with van der Waals surface area (Å²) in [4.78, 5) is 8.45. The maximum Gasteiger partial charge on any atom is 0.0547 e. The first-order chi connectivity index (χ1) is 9.79. The lowest BCUT2D eigenvalue weighted by Crippen LogP contribution is -2.19. The second-order valence-corrected chi connectivity index (χ2v) is 6.56. The zero-order valence-electron chi connectivity index (χ0n) is 11.9. The van der Waals surface area contributed by atoms with E-state index in [1.807, 2.05) is 11.3 Å². The lowest BCUT2D eigenvalue weighted by Gasteiger charge is -2.15. The molecule has 1 fully saturated rings. The van der Waals surface area contributed by atoms with E-state index in [0.29, 0.717) is 0 Å². The summed E-state index contributed by atoms with van der Waals surface area (Å²) in [7, 11) is 2.15. The zero-order chi connectivity index (χ0) is 13.8. The van der Waals surface area contributed by atoms with Crippen molar-refractivity contribution < 1.29 is 0 Å². The highest BCUT2D eigenvalue weighted by atomic mass is 32.1. The molecule has 0 amide bonds. The summed E-state index contributed by atoms with van der Waals surface area (Å²) >= 11 is 1.81. The van der Waals surface area contributed by atoms with Crippen molar-refractivity contribution in [2.75, 3.05) is 7.05 Å².